The topological polar surface area (TPSA) is 63.7 Å². The SMILES string of the molecule is CCC(=O)N(C(=O)CC)c1ccc(CCCC(=O)OC)cc1. The number of hydrogen-bond acceptors (Lipinski definition) is 4. The van der Waals surface area contributed by atoms with Gasteiger partial charge >= 0.3 is 5.97 Å². The van der Waals surface area contributed by atoms with Crippen LogP contribution in [-0.4, -0.2) is 24.9 Å². The van der Waals surface area contributed by atoms with E-state index in [1.807, 2.05) is 12.1 Å². The average Bonchev–Trinajstić information content (AvgIpc) is 2.55. The Bertz CT molecular complexity index is 506. The summed E-state index contributed by atoms with van der Waals surface area (Å²) in [5.74, 6) is -0.625. The third-order valence-electron chi connectivity index (χ3n) is 3.37. The number of nitrogens with zero attached hydrogens (tertiary/aromatic N) is 1. The molecule has 0 aliphatic heterocycles. The highest BCUT2D eigenvalue weighted by Gasteiger charge is 2.20. The van der Waals surface area contributed by atoms with Crippen molar-refractivity contribution in [2.24, 2.45) is 0 Å². The highest BCUT2D eigenvalue weighted by molar-refractivity contribution is 6.14. The van der Waals surface area contributed by atoms with Gasteiger partial charge in [0.05, 0.1) is 12.8 Å². The molecule has 0 spiro atoms. The Morgan fingerprint density at radius 2 is 1.55 bits per heavy atom. The summed E-state index contributed by atoms with van der Waals surface area (Å²) in [5, 5.41) is 0. The van der Waals surface area contributed by atoms with Crippen LogP contribution in [0.2, 0.25) is 0 Å². The molecule has 120 valence electrons. The Morgan fingerprint density at radius 1 is 1.00 bits per heavy atom. The zero-order chi connectivity index (χ0) is 16.5. The molecule has 0 aliphatic carbocycles. The van der Waals surface area contributed by atoms with E-state index in [-0.39, 0.29) is 30.6 Å². The summed E-state index contributed by atoms with van der Waals surface area (Å²) in [6.07, 6.45) is 2.41. The number of rotatable bonds is 7. The molecule has 2 amide bonds. The minimum atomic E-state index is -0.218. The number of ether oxygens (including phenoxy) is 1. The lowest BCUT2D eigenvalue weighted by molar-refractivity contribution is -0.140. The summed E-state index contributed by atoms with van der Waals surface area (Å²) < 4.78 is 4.60. The zero-order valence-electron chi connectivity index (χ0n) is 13.4. The lowest BCUT2D eigenvalue weighted by Gasteiger charge is -2.20. The Balaban J connectivity index is 2.75. The normalized spacial score (nSPS) is 10.1. The van der Waals surface area contributed by atoms with E-state index in [0.29, 0.717) is 18.5 Å². The Kier molecular flexibility index (Phi) is 7.29. The van der Waals surface area contributed by atoms with Crippen LogP contribution in [0.4, 0.5) is 5.69 Å². The van der Waals surface area contributed by atoms with E-state index in [2.05, 4.69) is 4.74 Å². The van der Waals surface area contributed by atoms with Crippen LogP contribution in [-0.2, 0) is 25.5 Å². The van der Waals surface area contributed by atoms with Crippen molar-refractivity contribution in [3.63, 3.8) is 0 Å². The van der Waals surface area contributed by atoms with E-state index >= 15 is 0 Å². The number of anilines is 1. The molecule has 0 bridgehead atoms. The summed E-state index contributed by atoms with van der Waals surface area (Å²) in [5.41, 5.74) is 1.65. The Hall–Kier alpha value is -2.17. The van der Waals surface area contributed by atoms with E-state index in [1.54, 1.807) is 26.0 Å². The molecule has 0 saturated heterocycles. The van der Waals surface area contributed by atoms with E-state index in [9.17, 15) is 14.4 Å². The second-order valence-electron chi connectivity index (χ2n) is 4.93. The second-order valence-corrected chi connectivity index (χ2v) is 4.93. The van der Waals surface area contributed by atoms with Crippen molar-refractivity contribution in [3.8, 4) is 0 Å². The number of benzene rings is 1. The molecular weight excluding hydrogens is 282 g/mol. The molecule has 0 atom stereocenters. The molecule has 1 rings (SSSR count). The molecule has 0 heterocycles. The maximum Gasteiger partial charge on any atom is 0.305 e. The van der Waals surface area contributed by atoms with Gasteiger partial charge in [-0.15, -0.1) is 0 Å². The molecule has 0 aromatic heterocycles. The number of carbonyl (C=O) groups is 3. The van der Waals surface area contributed by atoms with Crippen LogP contribution in [0.1, 0.15) is 45.1 Å². The predicted molar refractivity (Wildman–Crippen MR) is 84.5 cm³/mol. The minimum absolute atomic E-state index is 0.203. The van der Waals surface area contributed by atoms with Gasteiger partial charge in [-0.25, -0.2) is 0 Å². The van der Waals surface area contributed by atoms with Gasteiger partial charge < -0.3 is 4.74 Å². The van der Waals surface area contributed by atoms with E-state index < -0.39 is 0 Å². The van der Waals surface area contributed by atoms with Crippen LogP contribution >= 0.6 is 0 Å². The quantitative estimate of drug-likeness (QED) is 0.727. The van der Waals surface area contributed by atoms with Gasteiger partial charge in [-0.05, 0) is 30.5 Å². The third kappa shape index (κ3) is 4.98. The van der Waals surface area contributed by atoms with Crippen molar-refractivity contribution < 1.29 is 19.1 Å². The second kappa shape index (κ2) is 8.97. The van der Waals surface area contributed by atoms with Crippen molar-refractivity contribution in [3.05, 3.63) is 29.8 Å². The fraction of sp³-hybridized carbons (Fsp3) is 0.471. The first-order chi connectivity index (χ1) is 10.5. The van der Waals surface area contributed by atoms with Crippen molar-refractivity contribution >= 4 is 23.5 Å². The molecule has 0 radical (unpaired) electrons. The van der Waals surface area contributed by atoms with Crippen molar-refractivity contribution in [2.45, 2.75) is 46.0 Å². The van der Waals surface area contributed by atoms with Crippen LogP contribution in [0, 0.1) is 0 Å². The van der Waals surface area contributed by atoms with Crippen LogP contribution in [0.5, 0.6) is 0 Å². The summed E-state index contributed by atoms with van der Waals surface area (Å²) >= 11 is 0. The number of imide groups is 1. The van der Waals surface area contributed by atoms with Gasteiger partial charge in [-0.1, -0.05) is 26.0 Å². The summed E-state index contributed by atoms with van der Waals surface area (Å²) in [7, 11) is 1.38. The highest BCUT2D eigenvalue weighted by Crippen LogP contribution is 2.18. The first kappa shape index (κ1) is 17.9. The highest BCUT2D eigenvalue weighted by atomic mass is 16.5. The van der Waals surface area contributed by atoms with Gasteiger partial charge in [-0.3, -0.25) is 19.3 Å². The van der Waals surface area contributed by atoms with Gasteiger partial charge in [0.25, 0.3) is 0 Å². The average molecular weight is 305 g/mol. The first-order valence-electron chi connectivity index (χ1n) is 7.55. The van der Waals surface area contributed by atoms with Gasteiger partial charge in [0.15, 0.2) is 0 Å². The molecule has 5 nitrogen and oxygen atoms in total. The standard InChI is InChI=1S/C17H23NO4/c1-4-15(19)18(16(20)5-2)14-11-9-13(10-12-14)7-6-8-17(21)22-3/h9-12H,4-8H2,1-3H3. The number of carbonyl (C=O) groups excluding carboxylic acids is 3. The van der Waals surface area contributed by atoms with E-state index in [4.69, 9.17) is 0 Å². The van der Waals surface area contributed by atoms with Crippen molar-refractivity contribution in [1.29, 1.82) is 0 Å². The van der Waals surface area contributed by atoms with Crippen molar-refractivity contribution in [1.82, 2.24) is 0 Å². The molecule has 0 aliphatic rings. The maximum absolute atomic E-state index is 11.9. The molecule has 0 N–H and O–H groups in total. The van der Waals surface area contributed by atoms with Crippen LogP contribution in [0.3, 0.4) is 0 Å². The number of esters is 1. The van der Waals surface area contributed by atoms with Crippen LogP contribution < -0.4 is 4.90 Å². The number of hydrogen-bond donors (Lipinski definition) is 0. The number of amides is 2. The minimum Gasteiger partial charge on any atom is -0.469 e. The Morgan fingerprint density at radius 3 is 2.00 bits per heavy atom. The lowest BCUT2D eigenvalue weighted by Crippen LogP contribution is -2.35. The summed E-state index contributed by atoms with van der Waals surface area (Å²) in [6, 6.07) is 7.31. The fourth-order valence-electron chi connectivity index (χ4n) is 2.09. The smallest absolute Gasteiger partial charge is 0.305 e. The predicted octanol–water partition coefficient (Wildman–Crippen LogP) is 2.86. The van der Waals surface area contributed by atoms with Crippen molar-refractivity contribution in [2.75, 3.05) is 12.0 Å². The molecule has 1 aromatic carbocycles. The van der Waals surface area contributed by atoms with E-state index in [1.165, 1.54) is 12.0 Å². The summed E-state index contributed by atoms with van der Waals surface area (Å²) in [4.78, 5) is 36.2. The molecule has 0 unspecified atom stereocenters. The van der Waals surface area contributed by atoms with E-state index in [0.717, 1.165) is 12.0 Å². The molecule has 5 heteroatoms. The lowest BCUT2D eigenvalue weighted by atomic mass is 10.1. The molecular formula is C17H23NO4. The van der Waals surface area contributed by atoms with Gasteiger partial charge in [0.2, 0.25) is 11.8 Å². The van der Waals surface area contributed by atoms with Gasteiger partial charge in [0.1, 0.15) is 0 Å². The third-order valence-corrected chi connectivity index (χ3v) is 3.37. The largest absolute Gasteiger partial charge is 0.469 e. The molecule has 0 saturated carbocycles. The fourth-order valence-corrected chi connectivity index (χ4v) is 2.09. The van der Waals surface area contributed by atoms with Gasteiger partial charge in [0, 0.05) is 19.3 Å². The summed E-state index contributed by atoms with van der Waals surface area (Å²) in [6.45, 7) is 3.47. The Labute approximate surface area is 131 Å². The number of methoxy groups -OCH3 is 1. The number of aryl methyl sites for hydroxylation is 1. The van der Waals surface area contributed by atoms with Gasteiger partial charge in [-0.2, -0.15) is 0 Å². The maximum atomic E-state index is 11.9. The molecule has 1 aromatic rings. The molecule has 22 heavy (non-hydrogen) atoms. The zero-order valence-corrected chi connectivity index (χ0v) is 13.4. The molecule has 0 fully saturated rings. The van der Waals surface area contributed by atoms with Crippen LogP contribution in [0.25, 0.3) is 0 Å². The first-order valence-corrected chi connectivity index (χ1v) is 7.55. The monoisotopic (exact) mass is 305 g/mol. The van der Waals surface area contributed by atoms with Crippen LogP contribution in [0.15, 0.2) is 24.3 Å².